The highest BCUT2D eigenvalue weighted by Gasteiger charge is 2.36. The van der Waals surface area contributed by atoms with Crippen molar-refractivity contribution >= 4 is 6.09 Å². The van der Waals surface area contributed by atoms with Gasteiger partial charge in [0.05, 0.1) is 6.04 Å². The van der Waals surface area contributed by atoms with Crippen molar-refractivity contribution in [2.75, 3.05) is 6.54 Å². The van der Waals surface area contributed by atoms with Crippen LogP contribution in [0.2, 0.25) is 0 Å². The van der Waals surface area contributed by atoms with Crippen LogP contribution >= 0.6 is 0 Å². The lowest BCUT2D eigenvalue weighted by Gasteiger charge is -2.26. The molecular weight excluding hydrogens is 274 g/mol. The molecule has 114 valence electrons. The number of carbonyl (C=O) groups is 1. The van der Waals surface area contributed by atoms with Gasteiger partial charge in [0.15, 0.2) is 0 Å². The van der Waals surface area contributed by atoms with Gasteiger partial charge in [-0.25, -0.2) is 4.79 Å². The van der Waals surface area contributed by atoms with E-state index in [9.17, 15) is 4.79 Å². The summed E-state index contributed by atoms with van der Waals surface area (Å²) in [6.07, 6.45) is 0.794. The van der Waals surface area contributed by atoms with Gasteiger partial charge in [0.1, 0.15) is 6.61 Å². The summed E-state index contributed by atoms with van der Waals surface area (Å²) < 4.78 is 5.50. The Hall–Kier alpha value is -2.29. The number of amides is 1. The second kappa shape index (κ2) is 6.65. The van der Waals surface area contributed by atoms with Gasteiger partial charge < -0.3 is 9.64 Å². The average Bonchev–Trinajstić information content (AvgIpc) is 2.96. The molecule has 0 N–H and O–H groups in total. The van der Waals surface area contributed by atoms with Crippen LogP contribution in [0.4, 0.5) is 4.79 Å². The number of benzene rings is 2. The molecule has 3 rings (SSSR count). The van der Waals surface area contributed by atoms with Crippen molar-refractivity contribution in [2.45, 2.75) is 26.0 Å². The highest BCUT2D eigenvalue weighted by Crippen LogP contribution is 2.37. The van der Waals surface area contributed by atoms with E-state index in [0.717, 1.165) is 18.5 Å². The lowest BCUT2D eigenvalue weighted by Crippen LogP contribution is -2.32. The Kier molecular flexibility index (Phi) is 4.42. The number of rotatable bonds is 3. The van der Waals surface area contributed by atoms with E-state index in [1.807, 2.05) is 53.4 Å². The summed E-state index contributed by atoms with van der Waals surface area (Å²) in [5.74, 6) is 0.451. The zero-order valence-electron chi connectivity index (χ0n) is 12.8. The van der Waals surface area contributed by atoms with E-state index in [1.165, 1.54) is 5.56 Å². The average molecular weight is 295 g/mol. The van der Waals surface area contributed by atoms with Crippen LogP contribution in [-0.4, -0.2) is 17.5 Å². The maximum Gasteiger partial charge on any atom is 0.410 e. The molecule has 0 spiro atoms. The molecule has 2 atom stereocenters. The van der Waals surface area contributed by atoms with Crippen LogP contribution < -0.4 is 0 Å². The Balaban J connectivity index is 1.68. The number of nitrogens with zero attached hydrogens (tertiary/aromatic N) is 1. The summed E-state index contributed by atoms with van der Waals surface area (Å²) in [7, 11) is 0. The van der Waals surface area contributed by atoms with Crippen LogP contribution in [0.5, 0.6) is 0 Å². The molecule has 0 radical (unpaired) electrons. The van der Waals surface area contributed by atoms with E-state index in [2.05, 4.69) is 19.1 Å². The quantitative estimate of drug-likeness (QED) is 0.839. The van der Waals surface area contributed by atoms with Gasteiger partial charge in [0, 0.05) is 6.54 Å². The predicted octanol–water partition coefficient (Wildman–Crippen LogP) is 4.41. The van der Waals surface area contributed by atoms with Gasteiger partial charge in [-0.05, 0) is 23.5 Å². The van der Waals surface area contributed by atoms with E-state index in [-0.39, 0.29) is 12.1 Å². The van der Waals surface area contributed by atoms with E-state index in [1.54, 1.807) is 0 Å². The van der Waals surface area contributed by atoms with E-state index in [4.69, 9.17) is 4.74 Å². The molecule has 1 aliphatic heterocycles. The molecule has 22 heavy (non-hydrogen) atoms. The molecule has 1 saturated heterocycles. The summed E-state index contributed by atoms with van der Waals surface area (Å²) in [5, 5.41) is 0. The molecule has 1 amide bonds. The van der Waals surface area contributed by atoms with Crippen molar-refractivity contribution in [1.29, 1.82) is 0 Å². The summed E-state index contributed by atoms with van der Waals surface area (Å²) in [4.78, 5) is 14.3. The Bertz CT molecular complexity index is 612. The van der Waals surface area contributed by atoms with Crippen LogP contribution in [0.3, 0.4) is 0 Å². The Morgan fingerprint density at radius 2 is 1.73 bits per heavy atom. The monoisotopic (exact) mass is 295 g/mol. The lowest BCUT2D eigenvalue weighted by atomic mass is 9.96. The second-order valence-electron chi connectivity index (χ2n) is 5.86. The molecule has 1 aliphatic rings. The smallest absolute Gasteiger partial charge is 0.410 e. The van der Waals surface area contributed by atoms with Crippen LogP contribution in [0.25, 0.3) is 0 Å². The normalized spacial score (nSPS) is 20.9. The maximum atomic E-state index is 12.5. The zero-order chi connectivity index (χ0) is 15.4. The Morgan fingerprint density at radius 3 is 2.41 bits per heavy atom. The molecule has 3 nitrogen and oxygen atoms in total. The Morgan fingerprint density at radius 1 is 1.09 bits per heavy atom. The third-order valence-corrected chi connectivity index (χ3v) is 4.28. The fourth-order valence-electron chi connectivity index (χ4n) is 3.11. The van der Waals surface area contributed by atoms with Crippen molar-refractivity contribution in [3.63, 3.8) is 0 Å². The third kappa shape index (κ3) is 3.14. The molecule has 0 bridgehead atoms. The molecule has 2 aromatic rings. The number of hydrogen-bond donors (Lipinski definition) is 0. The molecule has 0 unspecified atom stereocenters. The molecule has 0 saturated carbocycles. The van der Waals surface area contributed by atoms with Gasteiger partial charge in [-0.2, -0.15) is 0 Å². The number of hydrogen-bond acceptors (Lipinski definition) is 2. The standard InChI is InChI=1S/C19H21NO2/c1-15-12-13-20(18(15)17-10-6-3-7-11-17)19(21)22-14-16-8-4-2-5-9-16/h2-11,15,18H,12-14H2,1H3/t15-,18-/m1/s1. The summed E-state index contributed by atoms with van der Waals surface area (Å²) in [5.41, 5.74) is 2.20. The number of ether oxygens (including phenoxy) is 1. The first-order valence-electron chi connectivity index (χ1n) is 7.78. The second-order valence-corrected chi connectivity index (χ2v) is 5.86. The largest absolute Gasteiger partial charge is 0.445 e. The summed E-state index contributed by atoms with van der Waals surface area (Å²) in [6, 6.07) is 20.1. The molecular formula is C19H21NO2. The van der Waals surface area contributed by atoms with E-state index >= 15 is 0 Å². The van der Waals surface area contributed by atoms with Gasteiger partial charge in [-0.3, -0.25) is 0 Å². The topological polar surface area (TPSA) is 29.5 Å². The zero-order valence-corrected chi connectivity index (χ0v) is 12.8. The van der Waals surface area contributed by atoms with Gasteiger partial charge in [-0.1, -0.05) is 67.6 Å². The van der Waals surface area contributed by atoms with Crippen molar-refractivity contribution in [3.8, 4) is 0 Å². The number of carbonyl (C=O) groups excluding carboxylic acids is 1. The molecule has 2 aromatic carbocycles. The fraction of sp³-hybridized carbons (Fsp3) is 0.316. The minimum atomic E-state index is -0.220. The maximum absolute atomic E-state index is 12.5. The number of likely N-dealkylation sites (tertiary alicyclic amines) is 1. The van der Waals surface area contributed by atoms with Gasteiger partial charge in [0.25, 0.3) is 0 Å². The Labute approximate surface area is 131 Å². The van der Waals surface area contributed by atoms with Gasteiger partial charge in [-0.15, -0.1) is 0 Å². The van der Waals surface area contributed by atoms with E-state index < -0.39 is 0 Å². The fourth-order valence-corrected chi connectivity index (χ4v) is 3.11. The molecule has 1 heterocycles. The molecule has 1 fully saturated rings. The molecule has 0 aliphatic carbocycles. The minimum absolute atomic E-state index is 0.115. The van der Waals surface area contributed by atoms with Crippen molar-refractivity contribution in [2.24, 2.45) is 5.92 Å². The SMILES string of the molecule is C[C@@H]1CCN(C(=O)OCc2ccccc2)[C@H]1c1ccccc1. The lowest BCUT2D eigenvalue weighted by molar-refractivity contribution is 0.0889. The van der Waals surface area contributed by atoms with Crippen molar-refractivity contribution in [3.05, 3.63) is 71.8 Å². The van der Waals surface area contributed by atoms with Crippen molar-refractivity contribution < 1.29 is 9.53 Å². The summed E-state index contributed by atoms with van der Waals surface area (Å²) >= 11 is 0. The van der Waals surface area contributed by atoms with Crippen molar-refractivity contribution in [1.82, 2.24) is 4.90 Å². The van der Waals surface area contributed by atoms with Crippen LogP contribution in [0, 0.1) is 5.92 Å². The van der Waals surface area contributed by atoms with Crippen LogP contribution in [0.15, 0.2) is 60.7 Å². The third-order valence-electron chi connectivity index (χ3n) is 4.28. The minimum Gasteiger partial charge on any atom is -0.445 e. The highest BCUT2D eigenvalue weighted by atomic mass is 16.6. The van der Waals surface area contributed by atoms with Gasteiger partial charge in [0.2, 0.25) is 0 Å². The van der Waals surface area contributed by atoms with Crippen LogP contribution in [0.1, 0.15) is 30.5 Å². The van der Waals surface area contributed by atoms with Crippen LogP contribution in [-0.2, 0) is 11.3 Å². The highest BCUT2D eigenvalue weighted by molar-refractivity contribution is 5.69. The molecule has 3 heteroatoms. The first kappa shape index (κ1) is 14.6. The van der Waals surface area contributed by atoms with Gasteiger partial charge >= 0.3 is 6.09 Å². The first-order valence-corrected chi connectivity index (χ1v) is 7.78. The predicted molar refractivity (Wildman–Crippen MR) is 86.3 cm³/mol. The molecule has 0 aromatic heterocycles. The summed E-state index contributed by atoms with van der Waals surface area (Å²) in [6.45, 7) is 3.28. The van der Waals surface area contributed by atoms with E-state index in [0.29, 0.717) is 12.5 Å². The first-order chi connectivity index (χ1) is 10.8.